The highest BCUT2D eigenvalue weighted by atomic mass is 16.7. The molecule has 14 heavy (non-hydrogen) atoms. The highest BCUT2D eigenvalue weighted by molar-refractivity contribution is 5.68. The molecule has 0 amide bonds. The van der Waals surface area contributed by atoms with Gasteiger partial charge in [0.2, 0.25) is 0 Å². The molecule has 0 aromatic carbocycles. The van der Waals surface area contributed by atoms with Gasteiger partial charge in [-0.2, -0.15) is 0 Å². The Kier molecular flexibility index (Phi) is 8.64. The molecule has 0 saturated heterocycles. The zero-order valence-corrected chi connectivity index (χ0v) is 9.71. The number of hydroxylamine groups is 2. The van der Waals surface area contributed by atoms with Gasteiger partial charge in [0, 0.05) is 20.5 Å². The van der Waals surface area contributed by atoms with Gasteiger partial charge in [0.15, 0.2) is 0 Å². The fourth-order valence-corrected chi connectivity index (χ4v) is 1.30. The topological polar surface area (TPSA) is 29.5 Å². The molecule has 0 bridgehead atoms. The van der Waals surface area contributed by atoms with Crippen molar-refractivity contribution < 1.29 is 9.63 Å². The van der Waals surface area contributed by atoms with E-state index in [-0.39, 0.29) is 5.97 Å². The van der Waals surface area contributed by atoms with Crippen molar-refractivity contribution in [2.75, 3.05) is 14.1 Å². The minimum Gasteiger partial charge on any atom is -0.369 e. The summed E-state index contributed by atoms with van der Waals surface area (Å²) in [5.74, 6) is -0.120. The second-order valence-corrected chi connectivity index (χ2v) is 3.79. The van der Waals surface area contributed by atoms with Crippen LogP contribution in [-0.2, 0) is 9.63 Å². The van der Waals surface area contributed by atoms with Crippen molar-refractivity contribution in [3.8, 4) is 0 Å². The molecule has 0 saturated carbocycles. The van der Waals surface area contributed by atoms with Gasteiger partial charge in [0.05, 0.1) is 0 Å². The van der Waals surface area contributed by atoms with Crippen LogP contribution in [0.5, 0.6) is 0 Å². The molecule has 0 aliphatic heterocycles. The lowest BCUT2D eigenvalue weighted by Crippen LogP contribution is -2.18. The molecular formula is C11H23NO2. The molecule has 0 rings (SSSR count). The molecule has 0 aromatic rings. The summed E-state index contributed by atoms with van der Waals surface area (Å²) in [6.07, 6.45) is 7.75. The largest absolute Gasteiger partial charge is 0.369 e. The summed E-state index contributed by atoms with van der Waals surface area (Å²) in [5.41, 5.74) is 0. The molecule has 0 atom stereocenters. The van der Waals surface area contributed by atoms with Crippen molar-refractivity contribution in [3.63, 3.8) is 0 Å². The molecule has 3 nitrogen and oxygen atoms in total. The Balaban J connectivity index is 3.15. The number of carbonyl (C=O) groups is 1. The van der Waals surface area contributed by atoms with Crippen LogP contribution in [0.25, 0.3) is 0 Å². The van der Waals surface area contributed by atoms with Gasteiger partial charge in [0.1, 0.15) is 0 Å². The van der Waals surface area contributed by atoms with Crippen LogP contribution in [0.4, 0.5) is 0 Å². The Morgan fingerprint density at radius 1 is 1.07 bits per heavy atom. The number of carbonyl (C=O) groups excluding carboxylic acids is 1. The smallest absolute Gasteiger partial charge is 0.325 e. The predicted octanol–water partition coefficient (Wildman–Crippen LogP) is 2.76. The average Bonchev–Trinajstić information content (AvgIpc) is 2.10. The highest BCUT2D eigenvalue weighted by Gasteiger charge is 2.03. The summed E-state index contributed by atoms with van der Waals surface area (Å²) in [6, 6.07) is 0. The standard InChI is InChI=1S/C11H23NO2/c1-4-5-6-7-8-9-10-11(13)14-12(2)3/h4-10H2,1-3H3. The number of hydrogen-bond donors (Lipinski definition) is 0. The van der Waals surface area contributed by atoms with E-state index in [0.29, 0.717) is 6.42 Å². The van der Waals surface area contributed by atoms with Gasteiger partial charge in [-0.1, -0.05) is 39.0 Å². The zero-order valence-electron chi connectivity index (χ0n) is 9.71. The third kappa shape index (κ3) is 9.52. The van der Waals surface area contributed by atoms with Crippen LogP contribution in [0.15, 0.2) is 0 Å². The molecule has 0 fully saturated rings. The molecule has 0 aliphatic rings. The van der Waals surface area contributed by atoms with Crippen LogP contribution in [0.3, 0.4) is 0 Å². The fourth-order valence-electron chi connectivity index (χ4n) is 1.30. The number of hydrogen-bond acceptors (Lipinski definition) is 3. The summed E-state index contributed by atoms with van der Waals surface area (Å²) >= 11 is 0. The quantitative estimate of drug-likeness (QED) is 0.447. The molecule has 3 heteroatoms. The molecule has 0 aliphatic carbocycles. The summed E-state index contributed by atoms with van der Waals surface area (Å²) in [5, 5.41) is 1.44. The first-order valence-electron chi connectivity index (χ1n) is 5.55. The zero-order chi connectivity index (χ0) is 10.8. The number of rotatable bonds is 8. The number of nitrogens with zero attached hydrogens (tertiary/aromatic N) is 1. The van der Waals surface area contributed by atoms with Crippen LogP contribution in [0, 0.1) is 0 Å². The fraction of sp³-hybridized carbons (Fsp3) is 0.909. The predicted molar refractivity (Wildman–Crippen MR) is 57.8 cm³/mol. The SMILES string of the molecule is CCCCCCCCC(=O)ON(C)C. The molecule has 0 heterocycles. The van der Waals surface area contributed by atoms with E-state index in [1.807, 2.05) is 0 Å². The van der Waals surface area contributed by atoms with Crippen LogP contribution >= 0.6 is 0 Å². The molecule has 84 valence electrons. The lowest BCUT2D eigenvalue weighted by Gasteiger charge is -2.09. The minimum absolute atomic E-state index is 0.120. The third-order valence-corrected chi connectivity index (χ3v) is 2.02. The lowest BCUT2D eigenvalue weighted by molar-refractivity contribution is -0.178. The second-order valence-electron chi connectivity index (χ2n) is 3.79. The Morgan fingerprint density at radius 3 is 2.21 bits per heavy atom. The average molecular weight is 201 g/mol. The molecule has 0 spiro atoms. The molecule has 0 aromatic heterocycles. The van der Waals surface area contributed by atoms with Gasteiger partial charge >= 0.3 is 5.97 Å². The van der Waals surface area contributed by atoms with Crippen LogP contribution in [0.1, 0.15) is 51.9 Å². The maximum Gasteiger partial charge on any atom is 0.325 e. The van der Waals surface area contributed by atoms with E-state index in [1.165, 1.54) is 30.7 Å². The first kappa shape index (κ1) is 13.4. The van der Waals surface area contributed by atoms with Crippen LogP contribution in [0.2, 0.25) is 0 Å². The van der Waals surface area contributed by atoms with Gasteiger partial charge in [-0.15, -0.1) is 5.06 Å². The van der Waals surface area contributed by atoms with E-state index in [1.54, 1.807) is 14.1 Å². The van der Waals surface area contributed by atoms with Crippen molar-refractivity contribution in [1.82, 2.24) is 5.06 Å². The summed E-state index contributed by atoms with van der Waals surface area (Å²) < 4.78 is 0. The van der Waals surface area contributed by atoms with Crippen molar-refractivity contribution in [1.29, 1.82) is 0 Å². The molecular weight excluding hydrogens is 178 g/mol. The summed E-state index contributed by atoms with van der Waals surface area (Å²) in [7, 11) is 3.44. The van der Waals surface area contributed by atoms with Crippen molar-refractivity contribution >= 4 is 5.97 Å². The second kappa shape index (κ2) is 9.00. The maximum absolute atomic E-state index is 11.1. The number of unbranched alkanes of at least 4 members (excludes halogenated alkanes) is 5. The van der Waals surface area contributed by atoms with E-state index in [2.05, 4.69) is 6.92 Å². The minimum atomic E-state index is -0.120. The Bertz CT molecular complexity index is 146. The lowest BCUT2D eigenvalue weighted by atomic mass is 10.1. The maximum atomic E-state index is 11.1. The van der Waals surface area contributed by atoms with Crippen molar-refractivity contribution in [3.05, 3.63) is 0 Å². The highest BCUT2D eigenvalue weighted by Crippen LogP contribution is 2.07. The van der Waals surface area contributed by atoms with Gasteiger partial charge in [-0.05, 0) is 6.42 Å². The van der Waals surface area contributed by atoms with Gasteiger partial charge in [0.25, 0.3) is 0 Å². The normalized spacial score (nSPS) is 10.6. The Labute approximate surface area is 87.4 Å². The van der Waals surface area contributed by atoms with Gasteiger partial charge < -0.3 is 4.84 Å². The Morgan fingerprint density at radius 2 is 1.64 bits per heavy atom. The molecule has 0 radical (unpaired) electrons. The summed E-state index contributed by atoms with van der Waals surface area (Å²) in [6.45, 7) is 2.20. The van der Waals surface area contributed by atoms with E-state index in [9.17, 15) is 4.79 Å². The molecule has 0 unspecified atom stereocenters. The van der Waals surface area contributed by atoms with Crippen molar-refractivity contribution in [2.45, 2.75) is 51.9 Å². The third-order valence-electron chi connectivity index (χ3n) is 2.02. The van der Waals surface area contributed by atoms with E-state index in [0.717, 1.165) is 12.8 Å². The van der Waals surface area contributed by atoms with Gasteiger partial charge in [-0.25, -0.2) is 0 Å². The van der Waals surface area contributed by atoms with E-state index < -0.39 is 0 Å². The van der Waals surface area contributed by atoms with Gasteiger partial charge in [-0.3, -0.25) is 4.79 Å². The van der Waals surface area contributed by atoms with Crippen LogP contribution < -0.4 is 0 Å². The van der Waals surface area contributed by atoms with E-state index in [4.69, 9.17) is 4.84 Å². The van der Waals surface area contributed by atoms with Crippen molar-refractivity contribution in [2.24, 2.45) is 0 Å². The summed E-state index contributed by atoms with van der Waals surface area (Å²) in [4.78, 5) is 16.0. The molecule has 0 N–H and O–H groups in total. The van der Waals surface area contributed by atoms with E-state index >= 15 is 0 Å². The van der Waals surface area contributed by atoms with Crippen LogP contribution in [-0.4, -0.2) is 25.1 Å². The first-order valence-corrected chi connectivity index (χ1v) is 5.55. The first-order chi connectivity index (χ1) is 6.66. The Hall–Kier alpha value is -0.570. The monoisotopic (exact) mass is 201 g/mol.